The summed E-state index contributed by atoms with van der Waals surface area (Å²) in [4.78, 5) is 68.9. The zero-order valence-corrected chi connectivity index (χ0v) is 34.3. The Hall–Kier alpha value is -5.40. The molecule has 7 atom stereocenters. The first-order valence-electron chi connectivity index (χ1n) is 20.9. The SMILES string of the molecule is COC(=O)N[C@H](C(=O)N1CCC[C@H]1c1ncc(-c2ccc3c(c2)CCc2cc(C4CN=C(C5C6CC[C@H](C6)N5C(=O)[C@@H](NC(=O)OC)C(C)C)N4)ccc2-3)[nH]1)C(C)C. The normalized spacial score (nSPS) is 24.2. The zero-order chi connectivity index (χ0) is 40.8. The Morgan fingerprint density at radius 3 is 2.21 bits per heavy atom. The molecule has 14 heteroatoms. The predicted molar refractivity (Wildman–Crippen MR) is 219 cm³/mol. The van der Waals surface area contributed by atoms with Crippen molar-refractivity contribution >= 4 is 29.8 Å². The molecule has 14 nitrogen and oxygen atoms in total. The quantitative estimate of drug-likeness (QED) is 0.203. The molecule has 0 spiro atoms. The highest BCUT2D eigenvalue weighted by Crippen LogP contribution is 2.45. The van der Waals surface area contributed by atoms with Crippen LogP contribution in [-0.2, 0) is 31.9 Å². The van der Waals surface area contributed by atoms with Gasteiger partial charge in [-0.25, -0.2) is 14.6 Å². The van der Waals surface area contributed by atoms with E-state index in [1.165, 1.54) is 42.0 Å². The minimum absolute atomic E-state index is 0.0234. The Kier molecular flexibility index (Phi) is 10.9. The molecule has 3 aliphatic heterocycles. The number of hydrogen-bond acceptors (Lipinski definition) is 9. The molecule has 4 heterocycles. The van der Waals surface area contributed by atoms with E-state index in [1.807, 2.05) is 43.7 Å². The molecule has 3 unspecified atom stereocenters. The second-order valence-corrected chi connectivity index (χ2v) is 17.2. The highest BCUT2D eigenvalue weighted by molar-refractivity contribution is 5.96. The van der Waals surface area contributed by atoms with Crippen LogP contribution < -0.4 is 16.0 Å². The van der Waals surface area contributed by atoms with E-state index in [0.717, 1.165) is 67.9 Å². The summed E-state index contributed by atoms with van der Waals surface area (Å²) in [5.74, 6) is 1.61. The van der Waals surface area contributed by atoms with Crippen molar-refractivity contribution in [3.63, 3.8) is 0 Å². The molecule has 5 aliphatic rings. The fourth-order valence-corrected chi connectivity index (χ4v) is 9.99. The van der Waals surface area contributed by atoms with E-state index in [4.69, 9.17) is 19.5 Å². The Balaban J connectivity index is 0.948. The van der Waals surface area contributed by atoms with Crippen LogP contribution in [0.3, 0.4) is 0 Å². The van der Waals surface area contributed by atoms with E-state index >= 15 is 0 Å². The molecule has 3 aromatic rings. The molecule has 0 radical (unpaired) electrons. The van der Waals surface area contributed by atoms with Crippen LogP contribution in [0.15, 0.2) is 47.6 Å². The molecular weight excluding hydrogens is 737 g/mol. The van der Waals surface area contributed by atoms with Gasteiger partial charge in [-0.2, -0.15) is 0 Å². The van der Waals surface area contributed by atoms with Crippen LogP contribution in [0, 0.1) is 17.8 Å². The average molecular weight is 793 g/mol. The highest BCUT2D eigenvalue weighted by Gasteiger charge is 2.52. The highest BCUT2D eigenvalue weighted by atomic mass is 16.5. The molecule has 2 aromatic carbocycles. The van der Waals surface area contributed by atoms with E-state index in [2.05, 4.69) is 57.3 Å². The van der Waals surface area contributed by atoms with Gasteiger partial charge in [-0.05, 0) is 102 Å². The molecule has 1 aromatic heterocycles. The van der Waals surface area contributed by atoms with Crippen molar-refractivity contribution in [2.24, 2.45) is 22.7 Å². The molecule has 1 saturated carbocycles. The maximum atomic E-state index is 14.0. The number of likely N-dealkylation sites (tertiary alicyclic amines) is 2. The lowest BCUT2D eigenvalue weighted by Crippen LogP contribution is -2.59. The summed E-state index contributed by atoms with van der Waals surface area (Å²) in [7, 11) is 2.62. The fourth-order valence-electron chi connectivity index (χ4n) is 9.99. The predicted octanol–water partition coefficient (Wildman–Crippen LogP) is 5.69. The van der Waals surface area contributed by atoms with Crippen molar-refractivity contribution < 1.29 is 28.7 Å². The summed E-state index contributed by atoms with van der Waals surface area (Å²) in [6, 6.07) is 11.9. The number of carbonyl (C=O) groups excluding carboxylic acids is 4. The monoisotopic (exact) mass is 792 g/mol. The number of methoxy groups -OCH3 is 2. The number of rotatable bonds is 10. The Morgan fingerprint density at radius 2 is 1.52 bits per heavy atom. The first-order chi connectivity index (χ1) is 27.9. The van der Waals surface area contributed by atoms with Crippen LogP contribution in [0.5, 0.6) is 0 Å². The summed E-state index contributed by atoms with van der Waals surface area (Å²) in [6.45, 7) is 8.93. The van der Waals surface area contributed by atoms with Crippen molar-refractivity contribution in [1.82, 2.24) is 35.7 Å². The van der Waals surface area contributed by atoms with Crippen molar-refractivity contribution in [2.75, 3.05) is 27.3 Å². The van der Waals surface area contributed by atoms with E-state index in [1.54, 1.807) is 0 Å². The van der Waals surface area contributed by atoms with Gasteiger partial charge < -0.3 is 40.2 Å². The maximum absolute atomic E-state index is 14.0. The summed E-state index contributed by atoms with van der Waals surface area (Å²) >= 11 is 0. The number of hydrogen-bond donors (Lipinski definition) is 4. The largest absolute Gasteiger partial charge is 0.453 e. The Bertz CT molecular complexity index is 2110. The minimum atomic E-state index is -0.681. The number of aromatic nitrogens is 2. The van der Waals surface area contributed by atoms with Gasteiger partial charge in [0, 0.05) is 12.6 Å². The lowest BCUT2D eigenvalue weighted by Gasteiger charge is -2.38. The smallest absolute Gasteiger partial charge is 0.407 e. The maximum Gasteiger partial charge on any atom is 0.407 e. The third-order valence-corrected chi connectivity index (χ3v) is 13.0. The van der Waals surface area contributed by atoms with Gasteiger partial charge in [0.2, 0.25) is 11.8 Å². The average Bonchev–Trinajstić information content (AvgIpc) is 4.09. The van der Waals surface area contributed by atoms with Gasteiger partial charge >= 0.3 is 12.2 Å². The Labute approximate surface area is 339 Å². The molecule has 2 bridgehead atoms. The summed E-state index contributed by atoms with van der Waals surface area (Å²) in [6.07, 6.45) is 7.13. The summed E-state index contributed by atoms with van der Waals surface area (Å²) in [5.41, 5.74) is 8.22. The number of amides is 4. The zero-order valence-electron chi connectivity index (χ0n) is 34.3. The molecule has 2 aliphatic carbocycles. The number of alkyl carbamates (subject to hydrolysis) is 2. The lowest BCUT2D eigenvalue weighted by atomic mass is 9.83. The van der Waals surface area contributed by atoms with E-state index in [0.29, 0.717) is 19.0 Å². The topological polar surface area (TPSA) is 170 Å². The number of imidazole rings is 1. The second kappa shape index (κ2) is 16.1. The Morgan fingerprint density at radius 1 is 0.845 bits per heavy atom. The number of aryl methyl sites for hydroxylation is 2. The second-order valence-electron chi connectivity index (χ2n) is 17.2. The van der Waals surface area contributed by atoms with Crippen LogP contribution in [-0.4, -0.2) is 101 Å². The molecule has 58 heavy (non-hydrogen) atoms. The fraction of sp³-hybridized carbons (Fsp3) is 0.545. The number of aliphatic imine (C=N–C) groups is 1. The first kappa shape index (κ1) is 39.4. The number of H-pyrrole nitrogens is 1. The molecule has 3 fully saturated rings. The van der Waals surface area contributed by atoms with Crippen molar-refractivity contribution in [3.8, 4) is 22.4 Å². The molecule has 2 saturated heterocycles. The lowest BCUT2D eigenvalue weighted by molar-refractivity contribution is -0.137. The number of nitrogens with one attached hydrogen (secondary N) is 4. The molecule has 4 amide bonds. The van der Waals surface area contributed by atoms with Gasteiger partial charge in [-0.15, -0.1) is 0 Å². The number of nitrogens with zero attached hydrogens (tertiary/aromatic N) is 4. The van der Waals surface area contributed by atoms with Crippen LogP contribution in [0.2, 0.25) is 0 Å². The number of fused-ring (bicyclic) bond motifs is 5. The van der Waals surface area contributed by atoms with Gasteiger partial charge in [0.1, 0.15) is 23.7 Å². The van der Waals surface area contributed by atoms with E-state index in [-0.39, 0.29) is 47.8 Å². The van der Waals surface area contributed by atoms with Crippen molar-refractivity contribution in [1.29, 1.82) is 0 Å². The number of benzene rings is 2. The van der Waals surface area contributed by atoms with Gasteiger partial charge in [0.25, 0.3) is 0 Å². The van der Waals surface area contributed by atoms with Gasteiger partial charge in [0.05, 0.1) is 50.8 Å². The minimum Gasteiger partial charge on any atom is -0.453 e. The molecule has 4 N–H and O–H groups in total. The number of piperidine rings is 1. The summed E-state index contributed by atoms with van der Waals surface area (Å²) < 4.78 is 9.62. The standard InChI is InChI=1S/C44H56N8O6/c1-23(2)36(49-43(55)57-5)41(53)51-17-7-8-35(51)39-45-21-33(47-39)27-12-15-31-25(18-27)9-10-26-19-28(13-16-32(26)31)34-22-46-40(48-34)38-29-11-14-30(20-29)52(38)42(54)37(24(3)4)50-44(56)58-6/h12-13,15-16,18-19,21,23-24,29-30,34-38H,7-11,14,17,20,22H2,1-6H3,(H,45,47)(H,46,48)(H,49,55)(H,50,56)/t29?,30-,34?,35+,36+,37+,38?/m1/s1. The van der Waals surface area contributed by atoms with Crippen LogP contribution in [0.1, 0.15) is 94.4 Å². The molecule has 8 rings (SSSR count). The third kappa shape index (κ3) is 7.30. The van der Waals surface area contributed by atoms with Crippen LogP contribution >= 0.6 is 0 Å². The molecular formula is C44H56N8O6. The first-order valence-corrected chi connectivity index (χ1v) is 20.9. The number of aromatic amines is 1. The number of carbonyl (C=O) groups is 4. The number of amidine groups is 1. The third-order valence-electron chi connectivity index (χ3n) is 13.0. The van der Waals surface area contributed by atoms with Crippen molar-refractivity contribution in [2.45, 2.75) is 109 Å². The van der Waals surface area contributed by atoms with Crippen LogP contribution in [0.25, 0.3) is 22.4 Å². The molecule has 308 valence electrons. The number of ether oxygens (including phenoxy) is 2. The van der Waals surface area contributed by atoms with Gasteiger partial charge in [-0.3, -0.25) is 14.6 Å². The van der Waals surface area contributed by atoms with Crippen LogP contribution in [0.4, 0.5) is 9.59 Å². The van der Waals surface area contributed by atoms with Gasteiger partial charge in [0.15, 0.2) is 0 Å². The van der Waals surface area contributed by atoms with E-state index < -0.39 is 24.3 Å². The van der Waals surface area contributed by atoms with E-state index in [9.17, 15) is 19.2 Å². The van der Waals surface area contributed by atoms with Crippen molar-refractivity contribution in [3.05, 3.63) is 65.1 Å². The van der Waals surface area contributed by atoms with Gasteiger partial charge in [-0.1, -0.05) is 58.0 Å². The summed E-state index contributed by atoms with van der Waals surface area (Å²) in [5, 5.41) is 9.23.